The molecule has 4 nitrogen and oxygen atoms in total. The summed E-state index contributed by atoms with van der Waals surface area (Å²) in [5.74, 6) is 0.806. The lowest BCUT2D eigenvalue weighted by Crippen LogP contribution is -2.24. The molecule has 2 N–H and O–H groups in total. The first-order valence-electron chi connectivity index (χ1n) is 6.12. The second-order valence-corrected chi connectivity index (χ2v) is 4.99. The third kappa shape index (κ3) is 3.85. The molecule has 2 rings (SSSR count). The van der Waals surface area contributed by atoms with E-state index < -0.39 is 12.2 Å². The van der Waals surface area contributed by atoms with E-state index >= 15 is 0 Å². The van der Waals surface area contributed by atoms with Gasteiger partial charge in [-0.25, -0.2) is 0 Å². The van der Waals surface area contributed by atoms with Crippen LogP contribution < -0.4 is 4.74 Å². The highest BCUT2D eigenvalue weighted by Gasteiger charge is 2.28. The van der Waals surface area contributed by atoms with E-state index in [0.717, 1.165) is 18.7 Å². The van der Waals surface area contributed by atoms with Crippen LogP contribution in [-0.2, 0) is 0 Å². The molecular formula is C13H18ClNO3. The van der Waals surface area contributed by atoms with Gasteiger partial charge in [0.15, 0.2) is 0 Å². The molecule has 0 aromatic heterocycles. The zero-order valence-corrected chi connectivity index (χ0v) is 10.9. The molecule has 0 bridgehead atoms. The average Bonchev–Trinajstić information content (AvgIpc) is 2.67. The number of ether oxygens (including phenoxy) is 1. The van der Waals surface area contributed by atoms with E-state index in [1.165, 1.54) is 0 Å². The maximum atomic E-state index is 9.39. The summed E-state index contributed by atoms with van der Waals surface area (Å²) in [6.07, 6.45) is -0.355. The summed E-state index contributed by atoms with van der Waals surface area (Å²) in [4.78, 5) is 2.04. The van der Waals surface area contributed by atoms with Gasteiger partial charge in [-0.3, -0.25) is 4.90 Å². The van der Waals surface area contributed by atoms with Crippen LogP contribution >= 0.6 is 11.6 Å². The molecular weight excluding hydrogens is 254 g/mol. The fourth-order valence-electron chi connectivity index (χ4n) is 2.04. The van der Waals surface area contributed by atoms with Crippen LogP contribution in [0.2, 0.25) is 5.02 Å². The summed E-state index contributed by atoms with van der Waals surface area (Å²) in [5.41, 5.74) is 0. The number of rotatable bonds is 5. The molecule has 18 heavy (non-hydrogen) atoms. The highest BCUT2D eigenvalue weighted by Crippen LogP contribution is 2.16. The quantitative estimate of drug-likeness (QED) is 0.789. The van der Waals surface area contributed by atoms with Crippen molar-refractivity contribution in [2.75, 3.05) is 26.2 Å². The van der Waals surface area contributed by atoms with E-state index in [9.17, 15) is 10.2 Å². The number of nitrogens with zero attached hydrogens (tertiary/aromatic N) is 1. The van der Waals surface area contributed by atoms with Crippen molar-refractivity contribution in [2.24, 2.45) is 0 Å². The largest absolute Gasteiger partial charge is 0.494 e. The smallest absolute Gasteiger partial charge is 0.119 e. The summed E-state index contributed by atoms with van der Waals surface area (Å²) in [7, 11) is 0. The van der Waals surface area contributed by atoms with Gasteiger partial charge in [0.25, 0.3) is 0 Å². The molecule has 0 spiro atoms. The summed E-state index contributed by atoms with van der Waals surface area (Å²) in [5, 5.41) is 19.5. The van der Waals surface area contributed by atoms with Crippen molar-refractivity contribution >= 4 is 11.6 Å². The standard InChI is InChI=1S/C13H18ClNO3/c14-10-2-4-11(5-3-10)18-7-1-6-15-8-12(16)13(17)9-15/h2-5,12-13,16-17H,1,6-9H2. The van der Waals surface area contributed by atoms with Crippen LogP contribution in [0, 0.1) is 0 Å². The van der Waals surface area contributed by atoms with Gasteiger partial charge in [-0.2, -0.15) is 0 Å². The Bertz CT molecular complexity index is 361. The number of hydrogen-bond acceptors (Lipinski definition) is 4. The van der Waals surface area contributed by atoms with Gasteiger partial charge in [-0.05, 0) is 30.7 Å². The Hall–Kier alpha value is -0.810. The molecule has 100 valence electrons. The molecule has 1 aromatic carbocycles. The Morgan fingerprint density at radius 3 is 2.39 bits per heavy atom. The molecule has 2 atom stereocenters. The fourth-order valence-corrected chi connectivity index (χ4v) is 2.16. The van der Waals surface area contributed by atoms with Gasteiger partial charge in [0.05, 0.1) is 18.8 Å². The van der Waals surface area contributed by atoms with Crippen molar-refractivity contribution in [1.29, 1.82) is 0 Å². The van der Waals surface area contributed by atoms with Crippen LogP contribution in [0.15, 0.2) is 24.3 Å². The van der Waals surface area contributed by atoms with Gasteiger partial charge in [0, 0.05) is 24.7 Å². The van der Waals surface area contributed by atoms with E-state index in [1.54, 1.807) is 12.1 Å². The molecule has 0 radical (unpaired) electrons. The van der Waals surface area contributed by atoms with Crippen molar-refractivity contribution in [3.63, 3.8) is 0 Å². The van der Waals surface area contributed by atoms with Crippen molar-refractivity contribution in [2.45, 2.75) is 18.6 Å². The van der Waals surface area contributed by atoms with Crippen LogP contribution in [0.5, 0.6) is 5.75 Å². The number of hydrogen-bond donors (Lipinski definition) is 2. The van der Waals surface area contributed by atoms with Crippen molar-refractivity contribution in [3.05, 3.63) is 29.3 Å². The Labute approximate surface area is 112 Å². The first kappa shape index (κ1) is 13.6. The first-order valence-corrected chi connectivity index (χ1v) is 6.50. The van der Waals surface area contributed by atoms with E-state index in [2.05, 4.69) is 0 Å². The predicted octanol–water partition coefficient (Wildman–Crippen LogP) is 1.15. The molecule has 1 aromatic rings. The fraction of sp³-hybridized carbons (Fsp3) is 0.538. The Balaban J connectivity index is 1.63. The minimum absolute atomic E-state index is 0.544. The number of halogens is 1. The molecule has 1 aliphatic rings. The Kier molecular flexibility index (Phi) is 4.83. The molecule has 1 aliphatic heterocycles. The highest BCUT2D eigenvalue weighted by atomic mass is 35.5. The van der Waals surface area contributed by atoms with Gasteiger partial charge >= 0.3 is 0 Å². The van der Waals surface area contributed by atoms with Gasteiger partial charge < -0.3 is 14.9 Å². The number of likely N-dealkylation sites (tertiary alicyclic amines) is 1. The Morgan fingerprint density at radius 1 is 1.17 bits per heavy atom. The van der Waals surface area contributed by atoms with Gasteiger partial charge in [-0.15, -0.1) is 0 Å². The second-order valence-electron chi connectivity index (χ2n) is 4.55. The normalized spacial score (nSPS) is 24.4. The van der Waals surface area contributed by atoms with Crippen LogP contribution in [-0.4, -0.2) is 53.6 Å². The molecule has 2 unspecified atom stereocenters. The minimum Gasteiger partial charge on any atom is -0.494 e. The third-order valence-corrected chi connectivity index (χ3v) is 3.29. The number of benzene rings is 1. The lowest BCUT2D eigenvalue weighted by atomic mass is 10.3. The maximum Gasteiger partial charge on any atom is 0.119 e. The highest BCUT2D eigenvalue weighted by molar-refractivity contribution is 6.30. The monoisotopic (exact) mass is 271 g/mol. The van der Waals surface area contributed by atoms with E-state index in [1.807, 2.05) is 17.0 Å². The summed E-state index contributed by atoms with van der Waals surface area (Å²) in [6, 6.07) is 7.27. The molecule has 1 saturated heterocycles. The summed E-state index contributed by atoms with van der Waals surface area (Å²) in [6.45, 7) is 2.52. The summed E-state index contributed by atoms with van der Waals surface area (Å²) >= 11 is 5.78. The number of β-amino-alcohol motifs (C(OH)–C–C–N with tert-alkyl or cyclic N) is 2. The number of aliphatic hydroxyl groups excluding tert-OH is 2. The van der Waals surface area contributed by atoms with Crippen LogP contribution in [0.1, 0.15) is 6.42 Å². The first-order chi connectivity index (χ1) is 8.65. The number of aliphatic hydroxyl groups is 2. The second kappa shape index (κ2) is 6.38. The third-order valence-electron chi connectivity index (χ3n) is 3.04. The van der Waals surface area contributed by atoms with Crippen molar-refractivity contribution < 1.29 is 14.9 Å². The minimum atomic E-state index is -0.609. The molecule has 1 heterocycles. The zero-order valence-electron chi connectivity index (χ0n) is 10.1. The topological polar surface area (TPSA) is 52.9 Å². The molecule has 0 saturated carbocycles. The molecule has 1 fully saturated rings. The molecule has 5 heteroatoms. The molecule has 0 aliphatic carbocycles. The SMILES string of the molecule is OC1CN(CCCOc2ccc(Cl)cc2)CC1O. The van der Waals surface area contributed by atoms with E-state index in [0.29, 0.717) is 24.7 Å². The van der Waals surface area contributed by atoms with Crippen molar-refractivity contribution in [3.8, 4) is 5.75 Å². The van der Waals surface area contributed by atoms with Crippen LogP contribution in [0.25, 0.3) is 0 Å². The average molecular weight is 272 g/mol. The maximum absolute atomic E-state index is 9.39. The Morgan fingerprint density at radius 2 is 1.78 bits per heavy atom. The van der Waals surface area contributed by atoms with Crippen molar-refractivity contribution in [1.82, 2.24) is 4.90 Å². The summed E-state index contributed by atoms with van der Waals surface area (Å²) < 4.78 is 5.56. The predicted molar refractivity (Wildman–Crippen MR) is 70.0 cm³/mol. The van der Waals surface area contributed by atoms with E-state index in [-0.39, 0.29) is 0 Å². The lowest BCUT2D eigenvalue weighted by Gasteiger charge is -2.14. The van der Waals surface area contributed by atoms with Gasteiger partial charge in [0.2, 0.25) is 0 Å². The zero-order chi connectivity index (χ0) is 13.0. The van der Waals surface area contributed by atoms with Crippen LogP contribution in [0.4, 0.5) is 0 Å². The lowest BCUT2D eigenvalue weighted by molar-refractivity contribution is 0.0572. The van der Waals surface area contributed by atoms with E-state index in [4.69, 9.17) is 16.3 Å². The van der Waals surface area contributed by atoms with Gasteiger partial charge in [-0.1, -0.05) is 11.6 Å². The van der Waals surface area contributed by atoms with Crippen LogP contribution in [0.3, 0.4) is 0 Å². The van der Waals surface area contributed by atoms with Gasteiger partial charge in [0.1, 0.15) is 5.75 Å². The molecule has 0 amide bonds.